The number of hydrogen-bond donors (Lipinski definition) is 2. The highest BCUT2D eigenvalue weighted by atomic mass is 19.1. The fraction of sp³-hybridized carbons (Fsp3) is 0.467. The molecular weight excluding hydrogens is 277 g/mol. The molecule has 0 fully saturated rings. The van der Waals surface area contributed by atoms with Crippen LogP contribution in [0.3, 0.4) is 0 Å². The molecule has 0 aliphatic heterocycles. The Kier molecular flexibility index (Phi) is 7.21. The van der Waals surface area contributed by atoms with Crippen LogP contribution >= 0.6 is 0 Å². The van der Waals surface area contributed by atoms with Gasteiger partial charge in [-0.3, -0.25) is 4.79 Å². The van der Waals surface area contributed by atoms with E-state index in [-0.39, 0.29) is 5.56 Å². The molecule has 21 heavy (non-hydrogen) atoms. The van der Waals surface area contributed by atoms with Gasteiger partial charge in [-0.2, -0.15) is 0 Å². The number of carboxylic acid groups (broad SMARTS) is 1. The maximum absolute atomic E-state index is 12.4. The van der Waals surface area contributed by atoms with Crippen molar-refractivity contribution in [3.8, 4) is 5.75 Å². The number of halogens is 1. The highest BCUT2D eigenvalue weighted by molar-refractivity contribution is 5.96. The molecule has 1 rings (SSSR count). The van der Waals surface area contributed by atoms with E-state index in [2.05, 4.69) is 12.2 Å². The molecule has 1 unspecified atom stereocenters. The lowest BCUT2D eigenvalue weighted by molar-refractivity contribution is -0.139. The molecule has 1 atom stereocenters. The van der Waals surface area contributed by atoms with Crippen LogP contribution in [0.15, 0.2) is 24.3 Å². The lowest BCUT2D eigenvalue weighted by Crippen LogP contribution is -2.42. The van der Waals surface area contributed by atoms with Crippen molar-refractivity contribution in [2.45, 2.75) is 32.2 Å². The van der Waals surface area contributed by atoms with Gasteiger partial charge in [0.05, 0.1) is 6.61 Å². The molecule has 0 saturated heterocycles. The van der Waals surface area contributed by atoms with E-state index in [0.29, 0.717) is 12.4 Å². The largest absolute Gasteiger partial charge is 0.494 e. The Labute approximate surface area is 123 Å². The zero-order chi connectivity index (χ0) is 15.7. The summed E-state index contributed by atoms with van der Waals surface area (Å²) in [6.45, 7) is 1.57. The maximum atomic E-state index is 12.4. The van der Waals surface area contributed by atoms with Gasteiger partial charge in [-0.1, -0.05) is 19.8 Å². The van der Waals surface area contributed by atoms with Crippen LogP contribution in [0.5, 0.6) is 5.75 Å². The molecule has 0 aliphatic carbocycles. The molecule has 6 heteroatoms. The number of alkyl halides is 1. The minimum Gasteiger partial charge on any atom is -0.494 e. The molecule has 0 spiro atoms. The van der Waals surface area contributed by atoms with Gasteiger partial charge in [-0.25, -0.2) is 9.18 Å². The lowest BCUT2D eigenvalue weighted by atomic mass is 10.2. The van der Waals surface area contributed by atoms with Gasteiger partial charge in [0.2, 0.25) is 0 Å². The smallest absolute Gasteiger partial charge is 0.328 e. The van der Waals surface area contributed by atoms with E-state index < -0.39 is 24.6 Å². The van der Waals surface area contributed by atoms with Crippen LogP contribution in [-0.2, 0) is 4.79 Å². The number of carboxylic acids is 1. The van der Waals surface area contributed by atoms with Crippen LogP contribution < -0.4 is 10.1 Å². The van der Waals surface area contributed by atoms with Crippen LogP contribution in [0, 0.1) is 0 Å². The summed E-state index contributed by atoms with van der Waals surface area (Å²) in [5.41, 5.74) is 0.260. The molecule has 0 saturated carbocycles. The van der Waals surface area contributed by atoms with Gasteiger partial charge < -0.3 is 15.2 Å². The maximum Gasteiger partial charge on any atom is 0.328 e. The summed E-state index contributed by atoms with van der Waals surface area (Å²) in [6, 6.07) is 4.77. The Morgan fingerprint density at radius 2 is 1.95 bits per heavy atom. The van der Waals surface area contributed by atoms with Crippen molar-refractivity contribution in [3.05, 3.63) is 29.8 Å². The first-order valence-corrected chi connectivity index (χ1v) is 6.91. The third kappa shape index (κ3) is 5.81. The number of nitrogens with one attached hydrogen (secondary N) is 1. The molecular formula is C15H20FNO4. The number of carbonyl (C=O) groups is 2. The molecule has 116 valence electrons. The van der Waals surface area contributed by atoms with E-state index in [1.165, 1.54) is 12.1 Å². The second-order valence-corrected chi connectivity index (χ2v) is 4.60. The Morgan fingerprint density at radius 3 is 2.48 bits per heavy atom. The van der Waals surface area contributed by atoms with E-state index in [1.807, 2.05) is 0 Å². The highest BCUT2D eigenvalue weighted by Crippen LogP contribution is 2.13. The molecule has 5 nitrogen and oxygen atoms in total. The van der Waals surface area contributed by atoms with Gasteiger partial charge in [-0.15, -0.1) is 0 Å². The summed E-state index contributed by atoms with van der Waals surface area (Å²) in [5, 5.41) is 10.8. The zero-order valence-corrected chi connectivity index (χ0v) is 12.0. The number of ether oxygens (including phenoxy) is 1. The van der Waals surface area contributed by atoms with Crippen LogP contribution in [0.4, 0.5) is 4.39 Å². The summed E-state index contributed by atoms with van der Waals surface area (Å²) < 4.78 is 17.9. The molecule has 0 heterocycles. The standard InChI is InChI=1S/C15H20FNO4/c1-2-3-4-9-21-12-7-5-11(6-8-12)14(18)17-13(10-16)15(19)20/h5-8,13H,2-4,9-10H2,1H3,(H,17,18)(H,19,20). The predicted octanol–water partition coefficient (Wildman–Crippen LogP) is 2.41. The van der Waals surface area contributed by atoms with Gasteiger partial charge in [-0.05, 0) is 30.7 Å². The fourth-order valence-corrected chi connectivity index (χ4v) is 1.65. The van der Waals surface area contributed by atoms with E-state index in [9.17, 15) is 14.0 Å². The number of benzene rings is 1. The van der Waals surface area contributed by atoms with Gasteiger partial charge in [0.1, 0.15) is 12.4 Å². The number of hydrogen-bond acceptors (Lipinski definition) is 3. The van der Waals surface area contributed by atoms with E-state index in [4.69, 9.17) is 9.84 Å². The van der Waals surface area contributed by atoms with Crippen molar-refractivity contribution in [2.24, 2.45) is 0 Å². The highest BCUT2D eigenvalue weighted by Gasteiger charge is 2.20. The number of amides is 1. The Morgan fingerprint density at radius 1 is 1.29 bits per heavy atom. The van der Waals surface area contributed by atoms with Crippen LogP contribution in [0.25, 0.3) is 0 Å². The van der Waals surface area contributed by atoms with Gasteiger partial charge in [0, 0.05) is 5.56 Å². The second kappa shape index (κ2) is 8.94. The predicted molar refractivity (Wildman–Crippen MR) is 76.3 cm³/mol. The molecule has 1 aromatic carbocycles. The Bertz CT molecular complexity index is 461. The van der Waals surface area contributed by atoms with E-state index in [1.54, 1.807) is 12.1 Å². The molecule has 1 amide bonds. The van der Waals surface area contributed by atoms with Gasteiger partial charge in [0.25, 0.3) is 5.91 Å². The van der Waals surface area contributed by atoms with Crippen molar-refractivity contribution in [1.82, 2.24) is 5.32 Å². The van der Waals surface area contributed by atoms with Crippen LogP contribution in [0.1, 0.15) is 36.5 Å². The molecule has 0 bridgehead atoms. The Balaban J connectivity index is 2.52. The monoisotopic (exact) mass is 297 g/mol. The molecule has 0 aliphatic rings. The van der Waals surface area contributed by atoms with Crippen molar-refractivity contribution in [2.75, 3.05) is 13.3 Å². The lowest BCUT2D eigenvalue weighted by Gasteiger charge is -2.11. The van der Waals surface area contributed by atoms with Crippen LogP contribution in [-0.4, -0.2) is 36.3 Å². The molecule has 1 aromatic rings. The summed E-state index contributed by atoms with van der Waals surface area (Å²) >= 11 is 0. The van der Waals surface area contributed by atoms with Crippen molar-refractivity contribution in [3.63, 3.8) is 0 Å². The molecule has 0 radical (unpaired) electrons. The topological polar surface area (TPSA) is 75.6 Å². The number of aliphatic carboxylic acids is 1. The van der Waals surface area contributed by atoms with E-state index >= 15 is 0 Å². The summed E-state index contributed by atoms with van der Waals surface area (Å²) in [5.74, 6) is -1.39. The number of rotatable bonds is 9. The summed E-state index contributed by atoms with van der Waals surface area (Å²) in [6.07, 6.45) is 3.18. The number of unbranched alkanes of at least 4 members (excludes halogenated alkanes) is 2. The Hall–Kier alpha value is -2.11. The third-order valence-corrected chi connectivity index (χ3v) is 2.89. The summed E-state index contributed by atoms with van der Waals surface area (Å²) in [7, 11) is 0. The first-order valence-electron chi connectivity index (χ1n) is 6.91. The SMILES string of the molecule is CCCCCOc1ccc(C(=O)NC(CF)C(=O)O)cc1. The van der Waals surface area contributed by atoms with Crippen molar-refractivity contribution in [1.29, 1.82) is 0 Å². The summed E-state index contributed by atoms with van der Waals surface area (Å²) in [4.78, 5) is 22.4. The minimum atomic E-state index is -1.53. The molecule has 2 N–H and O–H groups in total. The molecule has 0 aromatic heterocycles. The van der Waals surface area contributed by atoms with Crippen LogP contribution in [0.2, 0.25) is 0 Å². The average molecular weight is 297 g/mol. The van der Waals surface area contributed by atoms with Gasteiger partial charge >= 0.3 is 5.97 Å². The minimum absolute atomic E-state index is 0.260. The quantitative estimate of drug-likeness (QED) is 0.686. The zero-order valence-electron chi connectivity index (χ0n) is 12.0. The van der Waals surface area contributed by atoms with Gasteiger partial charge in [0.15, 0.2) is 6.04 Å². The average Bonchev–Trinajstić information content (AvgIpc) is 2.49. The van der Waals surface area contributed by atoms with Crippen molar-refractivity contribution >= 4 is 11.9 Å². The third-order valence-electron chi connectivity index (χ3n) is 2.89. The van der Waals surface area contributed by atoms with E-state index in [0.717, 1.165) is 19.3 Å². The number of carbonyl (C=O) groups excluding carboxylic acids is 1. The fourth-order valence-electron chi connectivity index (χ4n) is 1.65. The first-order chi connectivity index (χ1) is 10.1. The normalized spacial score (nSPS) is 11.7. The van der Waals surface area contributed by atoms with Crippen molar-refractivity contribution < 1.29 is 23.8 Å². The first kappa shape index (κ1) is 16.9. The second-order valence-electron chi connectivity index (χ2n) is 4.60.